The molecule has 1 rings (SSSR count). The van der Waals surface area contributed by atoms with Crippen LogP contribution in [0.4, 0.5) is 0 Å². The van der Waals surface area contributed by atoms with Gasteiger partial charge < -0.3 is 20.1 Å². The summed E-state index contributed by atoms with van der Waals surface area (Å²) < 4.78 is 4.45. The molecule has 0 unspecified atom stereocenters. The molecule has 5 heteroatoms. The van der Waals surface area contributed by atoms with Crippen LogP contribution in [0, 0.1) is 0 Å². The highest BCUT2D eigenvalue weighted by atomic mass is 16.6. The van der Waals surface area contributed by atoms with E-state index in [0.29, 0.717) is 0 Å². The standard InChI is InChI=1S/C6H10O5.C2H6/c1-6(10)4(8)3(2-7)11-5(6)9;1-2/h3-4,7-8,10H,2H2,1H3;1-2H3/t3-,4-,6-;/m1./s1. The van der Waals surface area contributed by atoms with E-state index in [2.05, 4.69) is 4.74 Å². The van der Waals surface area contributed by atoms with Gasteiger partial charge in [0.25, 0.3) is 0 Å². The Balaban J connectivity index is 0.000000671. The zero-order chi connectivity index (χ0) is 10.6. The molecule has 0 aromatic carbocycles. The first-order chi connectivity index (χ1) is 6.00. The van der Waals surface area contributed by atoms with Crippen molar-refractivity contribution in [3.8, 4) is 0 Å². The maximum absolute atomic E-state index is 10.7. The molecule has 5 nitrogen and oxygen atoms in total. The van der Waals surface area contributed by atoms with E-state index in [1.54, 1.807) is 0 Å². The lowest BCUT2D eigenvalue weighted by molar-refractivity contribution is -0.155. The Kier molecular flexibility index (Phi) is 4.32. The van der Waals surface area contributed by atoms with E-state index >= 15 is 0 Å². The van der Waals surface area contributed by atoms with Crippen LogP contribution in [0.1, 0.15) is 20.8 Å². The largest absolute Gasteiger partial charge is 0.455 e. The molecular weight excluding hydrogens is 176 g/mol. The average Bonchev–Trinajstić information content (AvgIpc) is 2.32. The fourth-order valence-corrected chi connectivity index (χ4v) is 0.941. The van der Waals surface area contributed by atoms with E-state index in [-0.39, 0.29) is 0 Å². The van der Waals surface area contributed by atoms with Crippen LogP contribution in [0.2, 0.25) is 0 Å². The molecule has 13 heavy (non-hydrogen) atoms. The molecule has 0 spiro atoms. The lowest BCUT2D eigenvalue weighted by Gasteiger charge is -2.16. The number of carbonyl (C=O) groups is 1. The first-order valence-electron chi connectivity index (χ1n) is 4.22. The molecule has 0 aromatic rings. The van der Waals surface area contributed by atoms with Crippen LogP contribution in [0.15, 0.2) is 0 Å². The molecule has 0 aliphatic carbocycles. The summed E-state index contributed by atoms with van der Waals surface area (Å²) >= 11 is 0. The molecule has 0 bridgehead atoms. The number of aliphatic hydroxyl groups excluding tert-OH is 2. The third-order valence-corrected chi connectivity index (χ3v) is 1.78. The minimum atomic E-state index is -1.88. The topological polar surface area (TPSA) is 87.0 Å². The monoisotopic (exact) mass is 192 g/mol. The van der Waals surface area contributed by atoms with Gasteiger partial charge in [-0.1, -0.05) is 13.8 Å². The molecule has 1 fully saturated rings. The third-order valence-electron chi connectivity index (χ3n) is 1.78. The van der Waals surface area contributed by atoms with Crippen LogP contribution < -0.4 is 0 Å². The Hall–Kier alpha value is -0.650. The van der Waals surface area contributed by atoms with E-state index in [1.165, 1.54) is 0 Å². The molecule has 1 heterocycles. The van der Waals surface area contributed by atoms with Crippen molar-refractivity contribution < 1.29 is 24.9 Å². The van der Waals surface area contributed by atoms with Gasteiger partial charge in [-0.25, -0.2) is 4.79 Å². The number of ether oxygens (including phenoxy) is 1. The quantitative estimate of drug-likeness (QED) is 0.466. The highest BCUT2D eigenvalue weighted by Crippen LogP contribution is 2.25. The SMILES string of the molecule is CC.C[C@]1(O)C(=O)O[C@H](CO)[C@H]1O. The van der Waals surface area contributed by atoms with Crippen molar-refractivity contribution in [2.45, 2.75) is 38.6 Å². The van der Waals surface area contributed by atoms with Crippen molar-refractivity contribution >= 4 is 5.97 Å². The van der Waals surface area contributed by atoms with E-state index in [9.17, 15) is 9.90 Å². The second-order valence-electron chi connectivity index (χ2n) is 2.72. The minimum absolute atomic E-state index is 0.483. The van der Waals surface area contributed by atoms with Crippen LogP contribution in [-0.2, 0) is 9.53 Å². The number of esters is 1. The van der Waals surface area contributed by atoms with Crippen LogP contribution in [0.25, 0.3) is 0 Å². The molecule has 3 atom stereocenters. The summed E-state index contributed by atoms with van der Waals surface area (Å²) in [5.74, 6) is -0.899. The fraction of sp³-hybridized carbons (Fsp3) is 0.875. The Morgan fingerprint density at radius 2 is 2.00 bits per heavy atom. The van der Waals surface area contributed by atoms with Crippen molar-refractivity contribution in [2.75, 3.05) is 6.61 Å². The van der Waals surface area contributed by atoms with Gasteiger partial charge in [-0.2, -0.15) is 0 Å². The molecule has 1 aliphatic rings. The highest BCUT2D eigenvalue weighted by molar-refractivity contribution is 5.82. The Labute approximate surface area is 77.0 Å². The van der Waals surface area contributed by atoms with Gasteiger partial charge in [-0.3, -0.25) is 0 Å². The number of rotatable bonds is 1. The van der Waals surface area contributed by atoms with E-state index in [1.807, 2.05) is 13.8 Å². The molecule has 1 aliphatic heterocycles. The second-order valence-corrected chi connectivity index (χ2v) is 2.72. The summed E-state index contributed by atoms with van der Waals surface area (Å²) in [6, 6.07) is 0. The van der Waals surface area contributed by atoms with Gasteiger partial charge in [0.15, 0.2) is 11.7 Å². The van der Waals surface area contributed by atoms with Crippen molar-refractivity contribution in [1.82, 2.24) is 0 Å². The Morgan fingerprint density at radius 3 is 2.15 bits per heavy atom. The summed E-state index contributed by atoms with van der Waals surface area (Å²) in [4.78, 5) is 10.7. The zero-order valence-corrected chi connectivity index (χ0v) is 8.02. The number of aliphatic hydroxyl groups is 3. The highest BCUT2D eigenvalue weighted by Gasteiger charge is 2.52. The number of hydrogen-bond acceptors (Lipinski definition) is 5. The first-order valence-corrected chi connectivity index (χ1v) is 4.22. The van der Waals surface area contributed by atoms with Gasteiger partial charge in [-0.15, -0.1) is 0 Å². The number of carbonyl (C=O) groups excluding carboxylic acids is 1. The van der Waals surface area contributed by atoms with Gasteiger partial charge in [-0.05, 0) is 6.92 Å². The smallest absolute Gasteiger partial charge is 0.341 e. The first kappa shape index (κ1) is 12.3. The van der Waals surface area contributed by atoms with Crippen molar-refractivity contribution in [3.63, 3.8) is 0 Å². The molecule has 0 aromatic heterocycles. The van der Waals surface area contributed by atoms with Crippen LogP contribution in [0.5, 0.6) is 0 Å². The number of cyclic esters (lactones) is 1. The Morgan fingerprint density at radius 1 is 1.54 bits per heavy atom. The molecule has 0 saturated carbocycles. The van der Waals surface area contributed by atoms with Crippen LogP contribution in [0.3, 0.4) is 0 Å². The predicted octanol–water partition coefficient (Wildman–Crippen LogP) is -0.958. The van der Waals surface area contributed by atoms with E-state index in [0.717, 1.165) is 6.92 Å². The van der Waals surface area contributed by atoms with Gasteiger partial charge >= 0.3 is 5.97 Å². The van der Waals surface area contributed by atoms with Gasteiger partial charge in [0, 0.05) is 0 Å². The lowest BCUT2D eigenvalue weighted by Crippen LogP contribution is -2.43. The zero-order valence-electron chi connectivity index (χ0n) is 8.02. The van der Waals surface area contributed by atoms with Crippen molar-refractivity contribution in [3.05, 3.63) is 0 Å². The summed E-state index contributed by atoms with van der Waals surface area (Å²) in [7, 11) is 0. The maximum atomic E-state index is 10.7. The van der Waals surface area contributed by atoms with Crippen LogP contribution in [-0.4, -0.2) is 45.7 Å². The van der Waals surface area contributed by atoms with Crippen LogP contribution >= 0.6 is 0 Å². The van der Waals surface area contributed by atoms with Crippen molar-refractivity contribution in [2.24, 2.45) is 0 Å². The fourth-order valence-electron chi connectivity index (χ4n) is 0.941. The van der Waals surface area contributed by atoms with E-state index < -0.39 is 30.4 Å². The van der Waals surface area contributed by atoms with Gasteiger partial charge in [0.2, 0.25) is 0 Å². The summed E-state index contributed by atoms with van der Waals surface area (Å²) in [6.07, 6.45) is -2.35. The number of hydrogen-bond donors (Lipinski definition) is 3. The molecule has 0 radical (unpaired) electrons. The molecule has 0 amide bonds. The summed E-state index contributed by atoms with van der Waals surface area (Å²) in [6.45, 7) is 4.67. The van der Waals surface area contributed by atoms with Gasteiger partial charge in [0.1, 0.15) is 6.10 Å². The lowest BCUT2D eigenvalue weighted by atomic mass is 9.99. The molecule has 3 N–H and O–H groups in total. The molecule has 78 valence electrons. The van der Waals surface area contributed by atoms with Crippen molar-refractivity contribution in [1.29, 1.82) is 0 Å². The predicted molar refractivity (Wildman–Crippen MR) is 44.9 cm³/mol. The maximum Gasteiger partial charge on any atom is 0.341 e. The summed E-state index contributed by atoms with van der Waals surface area (Å²) in [5, 5.41) is 26.9. The normalized spacial score (nSPS) is 37.8. The Bertz CT molecular complexity index is 177. The third kappa shape index (κ3) is 2.18. The van der Waals surface area contributed by atoms with E-state index in [4.69, 9.17) is 10.2 Å². The second kappa shape index (κ2) is 4.55. The minimum Gasteiger partial charge on any atom is -0.455 e. The van der Waals surface area contributed by atoms with Gasteiger partial charge in [0.05, 0.1) is 6.61 Å². The molecular formula is C8H16O5. The summed E-state index contributed by atoms with van der Waals surface area (Å²) in [5.41, 5.74) is -1.88. The average molecular weight is 192 g/mol. The molecule has 1 saturated heterocycles.